The van der Waals surface area contributed by atoms with Crippen molar-refractivity contribution in [3.63, 3.8) is 0 Å². The molecule has 16 heavy (non-hydrogen) atoms. The summed E-state index contributed by atoms with van der Waals surface area (Å²) in [4.78, 5) is 2.58. The lowest BCUT2D eigenvalue weighted by Crippen LogP contribution is -2.49. The van der Waals surface area contributed by atoms with Gasteiger partial charge < -0.3 is 15.0 Å². The predicted octanol–water partition coefficient (Wildman–Crippen LogP) is 1.63. The summed E-state index contributed by atoms with van der Waals surface area (Å²) in [5.41, 5.74) is 0. The van der Waals surface area contributed by atoms with E-state index in [1.807, 2.05) is 0 Å². The molecule has 2 aliphatic heterocycles. The Bertz CT molecular complexity index is 212. The van der Waals surface area contributed by atoms with Crippen LogP contribution in [0.1, 0.15) is 40.0 Å². The highest BCUT2D eigenvalue weighted by Crippen LogP contribution is 2.18. The lowest BCUT2D eigenvalue weighted by Gasteiger charge is -2.36. The van der Waals surface area contributed by atoms with Crippen LogP contribution in [0, 0.1) is 0 Å². The first-order valence-corrected chi connectivity index (χ1v) is 6.78. The minimum Gasteiger partial charge on any atom is -0.377 e. The number of hydrogen-bond donors (Lipinski definition) is 1. The molecule has 0 aromatic rings. The van der Waals surface area contributed by atoms with Crippen LogP contribution in [0.3, 0.4) is 0 Å². The zero-order valence-corrected chi connectivity index (χ0v) is 10.9. The first-order chi connectivity index (χ1) is 7.66. The third kappa shape index (κ3) is 2.96. The number of piperidine rings is 1. The molecule has 1 N–H and O–H groups in total. The molecule has 0 aliphatic carbocycles. The summed E-state index contributed by atoms with van der Waals surface area (Å²) in [6, 6.07) is 2.01. The largest absolute Gasteiger partial charge is 0.377 e. The molecule has 2 fully saturated rings. The Balaban J connectivity index is 1.72. The van der Waals surface area contributed by atoms with Crippen LogP contribution in [-0.4, -0.2) is 48.8 Å². The summed E-state index contributed by atoms with van der Waals surface area (Å²) in [6.07, 6.45) is 4.18. The maximum absolute atomic E-state index is 5.59. The summed E-state index contributed by atoms with van der Waals surface area (Å²) >= 11 is 0. The van der Waals surface area contributed by atoms with Crippen molar-refractivity contribution in [1.82, 2.24) is 10.2 Å². The number of rotatable bonds is 3. The molecule has 3 heteroatoms. The lowest BCUT2D eigenvalue weighted by molar-refractivity contribution is 0.103. The third-order valence-electron chi connectivity index (χ3n) is 4.09. The fourth-order valence-corrected chi connectivity index (χ4v) is 2.84. The number of likely N-dealkylation sites (tertiary alicyclic amines) is 1. The molecule has 2 rings (SSSR count). The molecule has 0 aromatic heterocycles. The lowest BCUT2D eigenvalue weighted by atomic mass is 10.0. The van der Waals surface area contributed by atoms with E-state index in [0.717, 1.165) is 6.61 Å². The van der Waals surface area contributed by atoms with E-state index in [1.165, 1.54) is 32.4 Å². The highest BCUT2D eigenvalue weighted by molar-refractivity contribution is 4.86. The van der Waals surface area contributed by atoms with Crippen LogP contribution >= 0.6 is 0 Å². The Morgan fingerprint density at radius 2 is 1.88 bits per heavy atom. The fraction of sp³-hybridized carbons (Fsp3) is 1.00. The van der Waals surface area contributed by atoms with Gasteiger partial charge in [-0.1, -0.05) is 0 Å². The van der Waals surface area contributed by atoms with Crippen molar-refractivity contribution in [3.8, 4) is 0 Å². The van der Waals surface area contributed by atoms with Crippen LogP contribution in [0.5, 0.6) is 0 Å². The molecule has 2 saturated heterocycles. The van der Waals surface area contributed by atoms with Crippen molar-refractivity contribution < 1.29 is 4.74 Å². The second kappa shape index (κ2) is 5.48. The van der Waals surface area contributed by atoms with Crippen LogP contribution in [0.4, 0.5) is 0 Å². The molecule has 0 radical (unpaired) electrons. The Kier molecular flexibility index (Phi) is 4.22. The van der Waals surface area contributed by atoms with Crippen molar-refractivity contribution in [2.75, 3.05) is 19.7 Å². The zero-order chi connectivity index (χ0) is 11.5. The average molecular weight is 226 g/mol. The Morgan fingerprint density at radius 1 is 1.19 bits per heavy atom. The van der Waals surface area contributed by atoms with Gasteiger partial charge in [-0.15, -0.1) is 0 Å². The fourth-order valence-electron chi connectivity index (χ4n) is 2.84. The number of hydrogen-bond acceptors (Lipinski definition) is 3. The molecule has 2 aliphatic rings. The van der Waals surface area contributed by atoms with Crippen molar-refractivity contribution in [1.29, 1.82) is 0 Å². The molecule has 0 aromatic carbocycles. The summed E-state index contributed by atoms with van der Waals surface area (Å²) in [5, 5.41) is 3.78. The Hall–Kier alpha value is -0.120. The Labute approximate surface area is 99.5 Å². The van der Waals surface area contributed by atoms with Gasteiger partial charge in [0.25, 0.3) is 0 Å². The number of nitrogens with one attached hydrogen (secondary N) is 1. The highest BCUT2D eigenvalue weighted by Gasteiger charge is 2.28. The van der Waals surface area contributed by atoms with Gasteiger partial charge in [0.05, 0.1) is 6.10 Å². The molecule has 2 heterocycles. The molecular formula is C13H26N2O. The van der Waals surface area contributed by atoms with Gasteiger partial charge in [-0.2, -0.15) is 0 Å². The smallest absolute Gasteiger partial charge is 0.0700 e. The van der Waals surface area contributed by atoms with Crippen LogP contribution < -0.4 is 5.32 Å². The molecule has 2 atom stereocenters. The Morgan fingerprint density at radius 3 is 2.38 bits per heavy atom. The normalized spacial score (nSPS) is 33.8. The average Bonchev–Trinajstić information content (AvgIpc) is 2.65. The molecule has 0 bridgehead atoms. The molecule has 0 saturated carbocycles. The van der Waals surface area contributed by atoms with Gasteiger partial charge >= 0.3 is 0 Å². The van der Waals surface area contributed by atoms with E-state index in [0.29, 0.717) is 24.2 Å². The van der Waals surface area contributed by atoms with Crippen molar-refractivity contribution in [3.05, 3.63) is 0 Å². The molecular weight excluding hydrogens is 200 g/mol. The van der Waals surface area contributed by atoms with Gasteiger partial charge in [0, 0.05) is 24.7 Å². The zero-order valence-electron chi connectivity index (χ0n) is 10.9. The van der Waals surface area contributed by atoms with E-state index in [2.05, 4.69) is 31.0 Å². The van der Waals surface area contributed by atoms with E-state index >= 15 is 0 Å². The summed E-state index contributed by atoms with van der Waals surface area (Å²) in [6.45, 7) is 10.2. The van der Waals surface area contributed by atoms with Crippen LogP contribution in [0.2, 0.25) is 0 Å². The van der Waals surface area contributed by atoms with Gasteiger partial charge in [0.15, 0.2) is 0 Å². The minimum absolute atomic E-state index is 0.406. The summed E-state index contributed by atoms with van der Waals surface area (Å²) < 4.78 is 5.59. The molecule has 94 valence electrons. The highest BCUT2D eigenvalue weighted by atomic mass is 16.5. The third-order valence-corrected chi connectivity index (χ3v) is 4.09. The van der Waals surface area contributed by atoms with Gasteiger partial charge in [0.2, 0.25) is 0 Å². The maximum Gasteiger partial charge on any atom is 0.0700 e. The number of nitrogens with zero attached hydrogens (tertiary/aromatic N) is 1. The standard InChI is InChI=1S/C13H26N2O/c1-10(2)15-7-4-12(5-8-15)14-13-6-9-16-11(13)3/h10-14H,4-9H2,1-3H3. The monoisotopic (exact) mass is 226 g/mol. The second-order valence-electron chi connectivity index (χ2n) is 5.54. The van der Waals surface area contributed by atoms with Crippen LogP contribution in [-0.2, 0) is 4.74 Å². The molecule has 3 nitrogen and oxygen atoms in total. The van der Waals surface area contributed by atoms with Gasteiger partial charge in [0.1, 0.15) is 0 Å². The minimum atomic E-state index is 0.406. The van der Waals surface area contributed by atoms with E-state index in [1.54, 1.807) is 0 Å². The summed E-state index contributed by atoms with van der Waals surface area (Å²) in [5.74, 6) is 0. The summed E-state index contributed by atoms with van der Waals surface area (Å²) in [7, 11) is 0. The molecule has 2 unspecified atom stereocenters. The first kappa shape index (κ1) is 12.3. The quantitative estimate of drug-likeness (QED) is 0.791. The van der Waals surface area contributed by atoms with Crippen molar-refractivity contribution in [2.45, 2.75) is 64.3 Å². The van der Waals surface area contributed by atoms with E-state index in [-0.39, 0.29) is 0 Å². The van der Waals surface area contributed by atoms with Crippen LogP contribution in [0.15, 0.2) is 0 Å². The van der Waals surface area contributed by atoms with Crippen molar-refractivity contribution >= 4 is 0 Å². The van der Waals surface area contributed by atoms with Gasteiger partial charge in [-0.05, 0) is 53.1 Å². The van der Waals surface area contributed by atoms with E-state index in [4.69, 9.17) is 4.74 Å². The maximum atomic E-state index is 5.59. The van der Waals surface area contributed by atoms with Gasteiger partial charge in [-0.3, -0.25) is 0 Å². The number of ether oxygens (including phenoxy) is 1. The molecule has 0 spiro atoms. The van der Waals surface area contributed by atoms with Gasteiger partial charge in [-0.25, -0.2) is 0 Å². The topological polar surface area (TPSA) is 24.5 Å². The second-order valence-corrected chi connectivity index (χ2v) is 5.54. The van der Waals surface area contributed by atoms with Crippen LogP contribution in [0.25, 0.3) is 0 Å². The van der Waals surface area contributed by atoms with E-state index < -0.39 is 0 Å². The predicted molar refractivity (Wildman–Crippen MR) is 66.7 cm³/mol. The SMILES string of the molecule is CC1OCCC1NC1CCN(C(C)C)CC1. The first-order valence-electron chi connectivity index (χ1n) is 6.78. The molecule has 0 amide bonds. The van der Waals surface area contributed by atoms with E-state index in [9.17, 15) is 0 Å². The van der Waals surface area contributed by atoms with Crippen molar-refractivity contribution in [2.24, 2.45) is 0 Å².